The van der Waals surface area contributed by atoms with E-state index >= 15 is 0 Å². The Balaban J connectivity index is 2.00. The van der Waals surface area contributed by atoms with E-state index in [0.717, 1.165) is 11.5 Å². The fourth-order valence-electron chi connectivity index (χ4n) is 2.15. The minimum absolute atomic E-state index is 0.0468. The number of nitrogen functional groups attached to an aromatic ring is 1. The first-order valence-corrected chi connectivity index (χ1v) is 6.90. The van der Waals surface area contributed by atoms with Gasteiger partial charge in [0.2, 0.25) is 0 Å². The van der Waals surface area contributed by atoms with Gasteiger partial charge in [-0.3, -0.25) is 4.79 Å². The predicted molar refractivity (Wildman–Crippen MR) is 73.7 cm³/mol. The van der Waals surface area contributed by atoms with Crippen molar-refractivity contribution in [1.29, 1.82) is 0 Å². The van der Waals surface area contributed by atoms with Crippen LogP contribution in [0.1, 0.15) is 43.3 Å². The molecule has 0 atom stereocenters. The normalized spacial score (nSPS) is 17.2. The van der Waals surface area contributed by atoms with Gasteiger partial charge in [-0.15, -0.1) is 11.3 Å². The third-order valence-corrected chi connectivity index (χ3v) is 5.02. The van der Waals surface area contributed by atoms with Crippen LogP contribution in [0.15, 0.2) is 6.07 Å². The molecule has 1 aliphatic carbocycles. The Morgan fingerprint density at radius 1 is 1.59 bits per heavy atom. The lowest BCUT2D eigenvalue weighted by atomic mass is 9.92. The summed E-state index contributed by atoms with van der Waals surface area (Å²) in [5.41, 5.74) is 6.87. The third-order valence-electron chi connectivity index (χ3n) is 3.81. The molecule has 94 valence electrons. The van der Waals surface area contributed by atoms with E-state index in [9.17, 15) is 4.79 Å². The monoisotopic (exact) mass is 252 g/mol. The van der Waals surface area contributed by atoms with Gasteiger partial charge >= 0.3 is 0 Å². The number of rotatable bonds is 5. The molecule has 1 aromatic rings. The largest absolute Gasteiger partial charge is 0.397 e. The molecule has 4 heteroatoms. The van der Waals surface area contributed by atoms with E-state index < -0.39 is 0 Å². The Morgan fingerprint density at radius 2 is 2.24 bits per heavy atom. The lowest BCUT2D eigenvalue weighted by molar-refractivity contribution is 0.102. The summed E-state index contributed by atoms with van der Waals surface area (Å²) in [6.07, 6.45) is 2.61. The van der Waals surface area contributed by atoms with Gasteiger partial charge in [0.15, 0.2) is 5.78 Å². The van der Waals surface area contributed by atoms with Crippen molar-refractivity contribution in [3.63, 3.8) is 0 Å². The van der Waals surface area contributed by atoms with Gasteiger partial charge in [0, 0.05) is 13.5 Å². The SMILES string of the molecule is CC(=O)c1sc(NCC2(C(C)C)CC2)cc1N. The van der Waals surface area contributed by atoms with E-state index in [4.69, 9.17) is 5.73 Å². The number of nitrogens with two attached hydrogens (primary N) is 1. The highest BCUT2D eigenvalue weighted by Gasteiger charge is 2.44. The number of Topliss-reactive ketones (excluding diaryl/α,β-unsaturated/α-hetero) is 1. The number of hydrogen-bond donors (Lipinski definition) is 2. The molecule has 1 aromatic heterocycles. The molecule has 0 aliphatic heterocycles. The maximum absolute atomic E-state index is 11.3. The van der Waals surface area contributed by atoms with E-state index in [2.05, 4.69) is 19.2 Å². The van der Waals surface area contributed by atoms with Crippen molar-refractivity contribution < 1.29 is 4.79 Å². The van der Waals surface area contributed by atoms with Crippen LogP contribution in [0.3, 0.4) is 0 Å². The Kier molecular flexibility index (Phi) is 3.17. The average Bonchev–Trinajstić information content (AvgIpc) is 2.94. The van der Waals surface area contributed by atoms with Crippen molar-refractivity contribution in [2.24, 2.45) is 11.3 Å². The standard InChI is InChI=1S/C13H20N2OS/c1-8(2)13(4-5-13)7-15-11-6-10(14)12(17-11)9(3)16/h6,8,15H,4-5,7,14H2,1-3H3. The van der Waals surface area contributed by atoms with E-state index in [-0.39, 0.29) is 5.78 Å². The number of ketones is 1. The number of carbonyl (C=O) groups excluding carboxylic acids is 1. The van der Waals surface area contributed by atoms with E-state index in [1.54, 1.807) is 6.92 Å². The number of thiophene rings is 1. The first-order valence-electron chi connectivity index (χ1n) is 6.09. The van der Waals surface area contributed by atoms with Gasteiger partial charge in [-0.25, -0.2) is 0 Å². The Labute approximate surface area is 106 Å². The fraction of sp³-hybridized carbons (Fsp3) is 0.615. The Hall–Kier alpha value is -1.03. The van der Waals surface area contributed by atoms with Crippen molar-refractivity contribution in [3.05, 3.63) is 10.9 Å². The Bertz CT molecular complexity index is 433. The van der Waals surface area contributed by atoms with Gasteiger partial charge in [0.25, 0.3) is 0 Å². The van der Waals surface area contributed by atoms with Crippen LogP contribution in [0.5, 0.6) is 0 Å². The van der Waals surface area contributed by atoms with E-state index in [1.807, 2.05) is 6.07 Å². The summed E-state index contributed by atoms with van der Waals surface area (Å²) < 4.78 is 0. The molecule has 3 N–H and O–H groups in total. The first kappa shape index (κ1) is 12.4. The predicted octanol–water partition coefficient (Wildman–Crippen LogP) is 3.38. The summed E-state index contributed by atoms with van der Waals surface area (Å²) in [6, 6.07) is 1.87. The van der Waals surface area contributed by atoms with Crippen molar-refractivity contribution in [3.8, 4) is 0 Å². The zero-order valence-corrected chi connectivity index (χ0v) is 11.5. The van der Waals surface area contributed by atoms with Crippen molar-refractivity contribution in [2.45, 2.75) is 33.6 Å². The van der Waals surface area contributed by atoms with Gasteiger partial charge in [-0.1, -0.05) is 13.8 Å². The van der Waals surface area contributed by atoms with Crippen LogP contribution in [-0.2, 0) is 0 Å². The molecule has 17 heavy (non-hydrogen) atoms. The molecule has 1 heterocycles. The van der Waals surface area contributed by atoms with Gasteiger partial charge < -0.3 is 11.1 Å². The minimum atomic E-state index is 0.0468. The number of nitrogens with one attached hydrogen (secondary N) is 1. The molecule has 0 amide bonds. The van der Waals surface area contributed by atoms with E-state index in [0.29, 0.717) is 21.9 Å². The van der Waals surface area contributed by atoms with Crippen LogP contribution in [0, 0.1) is 11.3 Å². The van der Waals surface area contributed by atoms with Crippen LogP contribution in [0.4, 0.5) is 10.7 Å². The summed E-state index contributed by atoms with van der Waals surface area (Å²) in [7, 11) is 0. The maximum Gasteiger partial charge on any atom is 0.171 e. The van der Waals surface area contributed by atoms with Crippen LogP contribution in [-0.4, -0.2) is 12.3 Å². The van der Waals surface area contributed by atoms with Crippen molar-refractivity contribution in [2.75, 3.05) is 17.6 Å². The first-order chi connectivity index (χ1) is 7.94. The molecule has 1 aliphatic rings. The molecule has 0 spiro atoms. The summed E-state index contributed by atoms with van der Waals surface area (Å²) in [5, 5.41) is 4.44. The van der Waals surface area contributed by atoms with Gasteiger partial charge in [-0.05, 0) is 30.2 Å². The molecule has 2 rings (SSSR count). The van der Waals surface area contributed by atoms with Crippen molar-refractivity contribution in [1.82, 2.24) is 0 Å². The summed E-state index contributed by atoms with van der Waals surface area (Å²) in [4.78, 5) is 12.0. The molecule has 3 nitrogen and oxygen atoms in total. The number of anilines is 2. The smallest absolute Gasteiger partial charge is 0.171 e. The molecule has 0 saturated heterocycles. The highest BCUT2D eigenvalue weighted by Crippen LogP contribution is 2.52. The summed E-state index contributed by atoms with van der Waals surface area (Å²) >= 11 is 1.46. The molecule has 1 fully saturated rings. The summed E-state index contributed by atoms with van der Waals surface area (Å²) in [5.74, 6) is 0.755. The van der Waals surface area contributed by atoms with Crippen LogP contribution < -0.4 is 11.1 Å². The topological polar surface area (TPSA) is 55.1 Å². The molecule has 0 unspecified atom stereocenters. The van der Waals surface area contributed by atoms with Crippen LogP contribution in [0.25, 0.3) is 0 Å². The number of carbonyl (C=O) groups is 1. The average molecular weight is 252 g/mol. The number of hydrogen-bond acceptors (Lipinski definition) is 4. The van der Waals surface area contributed by atoms with E-state index in [1.165, 1.54) is 24.2 Å². The second kappa shape index (κ2) is 4.33. The van der Waals surface area contributed by atoms with Gasteiger partial charge in [0.1, 0.15) is 0 Å². The maximum atomic E-state index is 11.3. The molecule has 1 saturated carbocycles. The zero-order valence-electron chi connectivity index (χ0n) is 10.7. The molecule has 0 aromatic carbocycles. The molecule has 0 radical (unpaired) electrons. The highest BCUT2D eigenvalue weighted by atomic mass is 32.1. The molecule has 0 bridgehead atoms. The minimum Gasteiger partial charge on any atom is -0.397 e. The van der Waals surface area contributed by atoms with Gasteiger partial charge in [0.05, 0.1) is 15.6 Å². The van der Waals surface area contributed by atoms with Crippen LogP contribution >= 0.6 is 11.3 Å². The quantitative estimate of drug-likeness (QED) is 0.790. The zero-order chi connectivity index (χ0) is 12.6. The third kappa shape index (κ3) is 2.46. The second-order valence-electron chi connectivity index (χ2n) is 5.32. The van der Waals surface area contributed by atoms with Crippen molar-refractivity contribution >= 4 is 27.8 Å². The molecular formula is C13H20N2OS. The second-order valence-corrected chi connectivity index (χ2v) is 6.37. The van der Waals surface area contributed by atoms with Crippen LogP contribution in [0.2, 0.25) is 0 Å². The van der Waals surface area contributed by atoms with Gasteiger partial charge in [-0.2, -0.15) is 0 Å². The fourth-order valence-corrected chi connectivity index (χ4v) is 3.02. The Morgan fingerprint density at radius 3 is 2.65 bits per heavy atom. The lowest BCUT2D eigenvalue weighted by Crippen LogP contribution is -2.20. The highest BCUT2D eigenvalue weighted by molar-refractivity contribution is 7.18. The lowest BCUT2D eigenvalue weighted by Gasteiger charge is -2.19. The molecular weight excluding hydrogens is 232 g/mol. The summed E-state index contributed by atoms with van der Waals surface area (Å²) in [6.45, 7) is 7.10.